The molecule has 1 aromatic carbocycles. The van der Waals surface area contributed by atoms with E-state index >= 15 is 0 Å². The van der Waals surface area contributed by atoms with Crippen LogP contribution in [0.4, 0.5) is 0 Å². The number of hydrogen-bond acceptors (Lipinski definition) is 4. The first kappa shape index (κ1) is 17.0. The van der Waals surface area contributed by atoms with Crippen LogP contribution in [0.15, 0.2) is 29.2 Å². The lowest BCUT2D eigenvalue weighted by Gasteiger charge is -2.38. The topological polar surface area (TPSA) is 80.5 Å². The van der Waals surface area contributed by atoms with Gasteiger partial charge in [-0.1, -0.05) is 6.92 Å². The lowest BCUT2D eigenvalue weighted by Crippen LogP contribution is -2.51. The summed E-state index contributed by atoms with van der Waals surface area (Å²) in [5, 5.41) is 0. The quantitative estimate of drug-likeness (QED) is 0.916. The number of piperidine rings is 1. The smallest absolute Gasteiger partial charge is 0.254 e. The van der Waals surface area contributed by atoms with Crippen molar-refractivity contribution in [2.75, 3.05) is 12.3 Å². The lowest BCUT2D eigenvalue weighted by molar-refractivity contribution is 0.0583. The van der Waals surface area contributed by atoms with Gasteiger partial charge in [-0.3, -0.25) is 4.79 Å². The summed E-state index contributed by atoms with van der Waals surface area (Å²) in [7, 11) is -3.23. The SMILES string of the molecule is CCS(=O)(=O)c1ccc(C(=O)N2CCCCC2C(C)N)cc1. The third-order valence-electron chi connectivity index (χ3n) is 4.26. The number of nitrogens with zero attached hydrogens (tertiary/aromatic N) is 1. The minimum absolute atomic E-state index is 0.0547. The number of nitrogens with two attached hydrogens (primary N) is 1. The van der Waals surface area contributed by atoms with E-state index in [0.717, 1.165) is 19.3 Å². The van der Waals surface area contributed by atoms with Gasteiger partial charge >= 0.3 is 0 Å². The fourth-order valence-electron chi connectivity index (χ4n) is 2.89. The Labute approximate surface area is 132 Å². The maximum absolute atomic E-state index is 12.7. The zero-order chi connectivity index (χ0) is 16.3. The molecule has 6 heteroatoms. The number of rotatable bonds is 4. The summed E-state index contributed by atoms with van der Waals surface area (Å²) in [5.41, 5.74) is 6.52. The van der Waals surface area contributed by atoms with Gasteiger partial charge in [0.2, 0.25) is 0 Å². The third-order valence-corrected chi connectivity index (χ3v) is 6.01. The van der Waals surface area contributed by atoms with Gasteiger partial charge < -0.3 is 10.6 Å². The molecule has 2 N–H and O–H groups in total. The Morgan fingerprint density at radius 3 is 2.50 bits per heavy atom. The maximum atomic E-state index is 12.7. The van der Waals surface area contributed by atoms with E-state index in [2.05, 4.69) is 0 Å². The molecule has 0 spiro atoms. The number of likely N-dealkylation sites (tertiary alicyclic amines) is 1. The summed E-state index contributed by atoms with van der Waals surface area (Å²) < 4.78 is 23.6. The van der Waals surface area contributed by atoms with E-state index < -0.39 is 9.84 Å². The van der Waals surface area contributed by atoms with E-state index in [1.807, 2.05) is 11.8 Å². The van der Waals surface area contributed by atoms with Crippen LogP contribution >= 0.6 is 0 Å². The summed E-state index contributed by atoms with van der Waals surface area (Å²) in [5.74, 6) is -0.0124. The van der Waals surface area contributed by atoms with Gasteiger partial charge in [0.1, 0.15) is 0 Å². The molecular formula is C16H24N2O3S. The molecule has 0 bridgehead atoms. The molecule has 1 amide bonds. The molecule has 1 aliphatic rings. The average molecular weight is 324 g/mol. The molecule has 2 rings (SSSR count). The van der Waals surface area contributed by atoms with Crippen molar-refractivity contribution >= 4 is 15.7 Å². The Morgan fingerprint density at radius 2 is 1.95 bits per heavy atom. The molecule has 22 heavy (non-hydrogen) atoms. The predicted octanol–water partition coefficient (Wildman–Crippen LogP) is 1.82. The fourth-order valence-corrected chi connectivity index (χ4v) is 3.78. The molecule has 0 aliphatic carbocycles. The second-order valence-corrected chi connectivity index (χ2v) is 8.13. The Kier molecular flexibility index (Phi) is 5.24. The first-order chi connectivity index (χ1) is 10.4. The molecule has 1 heterocycles. The second kappa shape index (κ2) is 6.79. The first-order valence-electron chi connectivity index (χ1n) is 7.76. The van der Waals surface area contributed by atoms with Gasteiger partial charge in [-0.2, -0.15) is 0 Å². The molecule has 2 unspecified atom stereocenters. The minimum atomic E-state index is -3.23. The zero-order valence-corrected chi connectivity index (χ0v) is 14.0. The number of amides is 1. The Morgan fingerprint density at radius 1 is 1.32 bits per heavy atom. The Bertz CT molecular complexity index is 623. The van der Waals surface area contributed by atoms with E-state index in [1.165, 1.54) is 12.1 Å². The van der Waals surface area contributed by atoms with Crippen molar-refractivity contribution in [3.8, 4) is 0 Å². The molecule has 1 fully saturated rings. The van der Waals surface area contributed by atoms with Crippen LogP contribution in [0, 0.1) is 0 Å². The highest BCUT2D eigenvalue weighted by atomic mass is 32.2. The van der Waals surface area contributed by atoms with Crippen LogP contribution in [0.3, 0.4) is 0 Å². The monoisotopic (exact) mass is 324 g/mol. The highest BCUT2D eigenvalue weighted by Crippen LogP contribution is 2.22. The van der Waals surface area contributed by atoms with Crippen LogP contribution in [0.25, 0.3) is 0 Å². The molecule has 1 saturated heterocycles. The summed E-state index contributed by atoms with van der Waals surface area (Å²) in [6.45, 7) is 4.24. The second-order valence-electron chi connectivity index (χ2n) is 5.85. The molecule has 2 atom stereocenters. The van der Waals surface area contributed by atoms with E-state index in [0.29, 0.717) is 12.1 Å². The highest BCUT2D eigenvalue weighted by molar-refractivity contribution is 7.91. The van der Waals surface area contributed by atoms with Crippen molar-refractivity contribution in [3.05, 3.63) is 29.8 Å². The minimum Gasteiger partial charge on any atom is -0.334 e. The van der Waals surface area contributed by atoms with Crippen molar-refractivity contribution in [1.29, 1.82) is 0 Å². The van der Waals surface area contributed by atoms with Crippen molar-refractivity contribution in [3.63, 3.8) is 0 Å². The van der Waals surface area contributed by atoms with Crippen molar-refractivity contribution < 1.29 is 13.2 Å². The van der Waals surface area contributed by atoms with Crippen LogP contribution in [-0.4, -0.2) is 43.6 Å². The number of carbonyl (C=O) groups excluding carboxylic acids is 1. The van der Waals surface area contributed by atoms with Gasteiger partial charge in [0, 0.05) is 24.2 Å². The summed E-state index contributed by atoms with van der Waals surface area (Å²) in [4.78, 5) is 14.8. The van der Waals surface area contributed by atoms with Gasteiger partial charge in [0.05, 0.1) is 10.6 Å². The van der Waals surface area contributed by atoms with E-state index in [9.17, 15) is 13.2 Å². The summed E-state index contributed by atoms with van der Waals surface area (Å²) >= 11 is 0. The highest BCUT2D eigenvalue weighted by Gasteiger charge is 2.29. The number of sulfone groups is 1. The zero-order valence-electron chi connectivity index (χ0n) is 13.2. The van der Waals surface area contributed by atoms with Crippen molar-refractivity contribution in [2.24, 2.45) is 5.73 Å². The largest absolute Gasteiger partial charge is 0.334 e. The predicted molar refractivity (Wildman–Crippen MR) is 86.5 cm³/mol. The van der Waals surface area contributed by atoms with E-state index in [4.69, 9.17) is 5.73 Å². The first-order valence-corrected chi connectivity index (χ1v) is 9.41. The molecule has 0 radical (unpaired) electrons. The maximum Gasteiger partial charge on any atom is 0.254 e. The van der Waals surface area contributed by atoms with Crippen molar-refractivity contribution in [1.82, 2.24) is 4.90 Å². The molecule has 122 valence electrons. The van der Waals surface area contributed by atoms with Crippen LogP contribution in [0.1, 0.15) is 43.5 Å². The number of carbonyl (C=O) groups is 1. The van der Waals surface area contributed by atoms with Crippen LogP contribution < -0.4 is 5.73 Å². The van der Waals surface area contributed by atoms with Crippen molar-refractivity contribution in [2.45, 2.75) is 50.1 Å². The van der Waals surface area contributed by atoms with E-state index in [1.54, 1.807) is 19.1 Å². The van der Waals surface area contributed by atoms with Gasteiger partial charge in [-0.05, 0) is 50.5 Å². The number of benzene rings is 1. The average Bonchev–Trinajstić information content (AvgIpc) is 2.54. The third kappa shape index (κ3) is 3.50. The standard InChI is InChI=1S/C16H24N2O3S/c1-3-22(20,21)14-9-7-13(8-10-14)16(19)18-11-5-4-6-15(18)12(2)17/h7-10,12,15H,3-6,11,17H2,1-2H3. The van der Waals surface area contributed by atoms with Crippen LogP contribution in [0.2, 0.25) is 0 Å². The lowest BCUT2D eigenvalue weighted by atomic mass is 9.96. The fraction of sp³-hybridized carbons (Fsp3) is 0.562. The van der Waals surface area contributed by atoms with Gasteiger partial charge in [0.15, 0.2) is 9.84 Å². The molecule has 1 aromatic rings. The summed E-state index contributed by atoms with van der Waals surface area (Å²) in [6, 6.07) is 6.20. The van der Waals surface area contributed by atoms with Crippen LogP contribution in [0.5, 0.6) is 0 Å². The number of hydrogen-bond donors (Lipinski definition) is 1. The molecular weight excluding hydrogens is 300 g/mol. The van der Waals surface area contributed by atoms with Gasteiger partial charge in [-0.25, -0.2) is 8.42 Å². The van der Waals surface area contributed by atoms with Gasteiger partial charge in [-0.15, -0.1) is 0 Å². The Hall–Kier alpha value is -1.40. The molecule has 0 saturated carbocycles. The molecule has 1 aliphatic heterocycles. The van der Waals surface area contributed by atoms with Gasteiger partial charge in [0.25, 0.3) is 5.91 Å². The van der Waals surface area contributed by atoms with Crippen LogP contribution in [-0.2, 0) is 9.84 Å². The summed E-state index contributed by atoms with van der Waals surface area (Å²) in [6.07, 6.45) is 2.99. The van der Waals surface area contributed by atoms with E-state index in [-0.39, 0.29) is 28.6 Å². The molecule has 0 aromatic heterocycles. The Balaban J connectivity index is 2.22. The molecule has 5 nitrogen and oxygen atoms in total. The normalized spacial score (nSPS) is 20.7.